The molecule has 1 unspecified atom stereocenters. The molecule has 2 heterocycles. The maximum Gasteiger partial charge on any atom is 0.144 e. The number of carbonyl (C=O) groups is 1. The number of Topliss-reactive ketones (excluding diaryl/α,β-unsaturated/α-hetero) is 1. The van der Waals surface area contributed by atoms with Crippen molar-refractivity contribution in [2.45, 2.75) is 19.8 Å². The Morgan fingerprint density at radius 3 is 2.65 bits per heavy atom. The van der Waals surface area contributed by atoms with E-state index in [-0.39, 0.29) is 11.6 Å². The molecule has 1 aliphatic heterocycles. The highest BCUT2D eigenvalue weighted by molar-refractivity contribution is 6.28. The number of aromatic nitrogens is 1. The fraction of sp³-hybridized carbons (Fsp3) is 0.280. The smallest absolute Gasteiger partial charge is 0.144 e. The number of aliphatic imine (C=N–C) groups is 1. The van der Waals surface area contributed by atoms with Crippen LogP contribution < -0.4 is 0 Å². The number of nitrogens with zero attached hydrogens (tertiary/aromatic N) is 4. The summed E-state index contributed by atoms with van der Waals surface area (Å²) in [6, 6.07) is 15.9. The lowest BCUT2D eigenvalue weighted by Gasteiger charge is -2.31. The minimum Gasteiger partial charge on any atom is -0.299 e. The second-order valence-electron chi connectivity index (χ2n) is 8.28. The lowest BCUT2D eigenvalue weighted by atomic mass is 9.87. The van der Waals surface area contributed by atoms with Crippen molar-refractivity contribution in [1.82, 2.24) is 9.99 Å². The maximum atomic E-state index is 13.5. The summed E-state index contributed by atoms with van der Waals surface area (Å²) in [5.41, 5.74) is 3.67. The average Bonchev–Trinajstić information content (AvgIpc) is 3.58. The van der Waals surface area contributed by atoms with E-state index in [1.165, 1.54) is 25.0 Å². The van der Waals surface area contributed by atoms with Crippen LogP contribution in [0.3, 0.4) is 0 Å². The number of rotatable bonds is 5. The van der Waals surface area contributed by atoms with E-state index in [2.05, 4.69) is 4.98 Å². The summed E-state index contributed by atoms with van der Waals surface area (Å²) >= 11 is 0. The molecule has 1 aromatic heterocycles. The molecular formula is C25H23FN4O. The molecule has 0 radical (unpaired) electrons. The predicted octanol–water partition coefficient (Wildman–Crippen LogP) is 4.78. The molecule has 5 rings (SSSR count). The van der Waals surface area contributed by atoms with Crippen LogP contribution in [-0.4, -0.2) is 40.3 Å². The first kappa shape index (κ1) is 19.5. The lowest BCUT2D eigenvalue weighted by Crippen LogP contribution is -2.44. The molecular weight excluding hydrogens is 391 g/mol. The highest BCUT2D eigenvalue weighted by Crippen LogP contribution is 2.32. The Morgan fingerprint density at radius 1 is 1.13 bits per heavy atom. The molecule has 1 atom stereocenters. The zero-order chi connectivity index (χ0) is 21.4. The lowest BCUT2D eigenvalue weighted by molar-refractivity contribution is -0.117. The number of carbonyl (C=O) groups excluding carboxylic acids is 1. The molecule has 1 fully saturated rings. The van der Waals surface area contributed by atoms with Crippen LogP contribution in [0.25, 0.3) is 10.9 Å². The second-order valence-corrected chi connectivity index (χ2v) is 8.28. The summed E-state index contributed by atoms with van der Waals surface area (Å²) in [7, 11) is 0. The zero-order valence-corrected chi connectivity index (χ0v) is 17.3. The number of hydrazone groups is 1. The summed E-state index contributed by atoms with van der Waals surface area (Å²) in [4.78, 5) is 22.2. The van der Waals surface area contributed by atoms with Gasteiger partial charge in [0.25, 0.3) is 0 Å². The van der Waals surface area contributed by atoms with Gasteiger partial charge in [-0.2, -0.15) is 5.10 Å². The van der Waals surface area contributed by atoms with Gasteiger partial charge in [0.1, 0.15) is 17.5 Å². The van der Waals surface area contributed by atoms with Crippen molar-refractivity contribution in [3.8, 4) is 0 Å². The number of para-hydroxylation sites is 1. The van der Waals surface area contributed by atoms with Gasteiger partial charge in [-0.15, -0.1) is 0 Å². The Balaban J connectivity index is 1.62. The molecule has 3 aromatic rings. The van der Waals surface area contributed by atoms with Gasteiger partial charge in [0.2, 0.25) is 0 Å². The number of hydrogen-bond donors (Lipinski definition) is 0. The van der Waals surface area contributed by atoms with E-state index in [1.807, 2.05) is 35.3 Å². The van der Waals surface area contributed by atoms with Crippen LogP contribution in [0.1, 0.15) is 25.3 Å². The van der Waals surface area contributed by atoms with Crippen molar-refractivity contribution in [2.24, 2.45) is 21.9 Å². The monoisotopic (exact) mass is 414 g/mol. The van der Waals surface area contributed by atoms with Gasteiger partial charge >= 0.3 is 0 Å². The fourth-order valence-corrected chi connectivity index (χ4v) is 4.09. The Labute approximate surface area is 180 Å². The van der Waals surface area contributed by atoms with E-state index >= 15 is 0 Å². The Bertz CT molecular complexity index is 1190. The van der Waals surface area contributed by atoms with E-state index in [1.54, 1.807) is 25.3 Å². The van der Waals surface area contributed by atoms with Crippen LogP contribution >= 0.6 is 0 Å². The summed E-state index contributed by atoms with van der Waals surface area (Å²) in [5, 5.41) is 7.84. The highest BCUT2D eigenvalue weighted by atomic mass is 19.1. The number of benzene rings is 2. The Hall–Kier alpha value is -3.41. The second kappa shape index (κ2) is 8.02. The van der Waals surface area contributed by atoms with Crippen LogP contribution in [-0.2, 0) is 4.79 Å². The summed E-state index contributed by atoms with van der Waals surface area (Å²) in [6.45, 7) is 2.90. The van der Waals surface area contributed by atoms with Gasteiger partial charge in [-0.25, -0.2) is 4.39 Å². The summed E-state index contributed by atoms with van der Waals surface area (Å²) in [5.74, 6) is -0.279. The molecule has 0 bridgehead atoms. The quantitative estimate of drug-likeness (QED) is 0.604. The molecule has 0 amide bonds. The van der Waals surface area contributed by atoms with E-state index in [0.29, 0.717) is 18.2 Å². The minimum atomic E-state index is -0.570. The number of fused-ring (bicyclic) bond motifs is 1. The largest absolute Gasteiger partial charge is 0.299 e. The molecule has 1 aliphatic carbocycles. The van der Waals surface area contributed by atoms with Crippen molar-refractivity contribution in [2.75, 3.05) is 13.1 Å². The topological polar surface area (TPSA) is 57.9 Å². The van der Waals surface area contributed by atoms with Crippen molar-refractivity contribution in [1.29, 1.82) is 0 Å². The average molecular weight is 414 g/mol. The molecule has 1 saturated carbocycles. The first-order chi connectivity index (χ1) is 15.1. The van der Waals surface area contributed by atoms with Gasteiger partial charge in [0, 0.05) is 18.1 Å². The normalized spacial score (nSPS) is 20.2. The molecule has 0 spiro atoms. The molecule has 0 saturated heterocycles. The van der Waals surface area contributed by atoms with E-state index in [9.17, 15) is 9.18 Å². The van der Waals surface area contributed by atoms with Crippen LogP contribution in [0.2, 0.25) is 0 Å². The number of ketones is 1. The molecule has 5 nitrogen and oxygen atoms in total. The third kappa shape index (κ3) is 4.10. The van der Waals surface area contributed by atoms with Gasteiger partial charge in [-0.1, -0.05) is 30.3 Å². The first-order valence-corrected chi connectivity index (χ1v) is 10.6. The van der Waals surface area contributed by atoms with Crippen LogP contribution in [0.4, 0.5) is 10.1 Å². The SMILES string of the molecule is CC(=O)C1C(=Nc2cccc3cccnc23)CN(CC2CC2)N=C1c1ccc(F)cc1. The van der Waals surface area contributed by atoms with Crippen LogP contribution in [0, 0.1) is 17.7 Å². The molecule has 31 heavy (non-hydrogen) atoms. The van der Waals surface area contributed by atoms with Crippen molar-refractivity contribution in [3.05, 3.63) is 72.2 Å². The Morgan fingerprint density at radius 2 is 1.90 bits per heavy atom. The molecule has 2 aromatic carbocycles. The fourth-order valence-electron chi connectivity index (χ4n) is 4.09. The third-order valence-electron chi connectivity index (χ3n) is 5.79. The zero-order valence-electron chi connectivity index (χ0n) is 17.3. The van der Waals surface area contributed by atoms with Crippen LogP contribution in [0.15, 0.2) is 70.9 Å². The highest BCUT2D eigenvalue weighted by Gasteiger charge is 2.35. The van der Waals surface area contributed by atoms with E-state index in [4.69, 9.17) is 10.1 Å². The Kier molecular flexibility index (Phi) is 5.06. The predicted molar refractivity (Wildman–Crippen MR) is 120 cm³/mol. The molecule has 2 aliphatic rings. The van der Waals surface area contributed by atoms with Crippen LogP contribution in [0.5, 0.6) is 0 Å². The maximum absolute atomic E-state index is 13.5. The van der Waals surface area contributed by atoms with Gasteiger partial charge < -0.3 is 0 Å². The van der Waals surface area contributed by atoms with Gasteiger partial charge in [0.15, 0.2) is 0 Å². The van der Waals surface area contributed by atoms with Gasteiger partial charge in [-0.05, 0) is 55.5 Å². The first-order valence-electron chi connectivity index (χ1n) is 10.6. The summed E-state index contributed by atoms with van der Waals surface area (Å²) < 4.78 is 13.5. The van der Waals surface area contributed by atoms with Crippen molar-refractivity contribution in [3.63, 3.8) is 0 Å². The summed E-state index contributed by atoms with van der Waals surface area (Å²) in [6.07, 6.45) is 4.15. The minimum absolute atomic E-state index is 0.0268. The third-order valence-corrected chi connectivity index (χ3v) is 5.79. The molecule has 0 N–H and O–H groups in total. The van der Waals surface area contributed by atoms with E-state index < -0.39 is 5.92 Å². The van der Waals surface area contributed by atoms with Crippen molar-refractivity contribution >= 4 is 33.8 Å². The molecule has 6 heteroatoms. The van der Waals surface area contributed by atoms with E-state index in [0.717, 1.165) is 34.4 Å². The number of pyridine rings is 1. The number of hydrogen-bond acceptors (Lipinski definition) is 5. The molecule has 156 valence electrons. The van der Waals surface area contributed by atoms with Crippen molar-refractivity contribution < 1.29 is 9.18 Å². The van der Waals surface area contributed by atoms with Gasteiger partial charge in [-0.3, -0.25) is 19.8 Å². The number of halogens is 1. The van der Waals surface area contributed by atoms with Gasteiger partial charge in [0.05, 0.1) is 29.2 Å². The standard InChI is InChI=1S/C25H23FN4O/c1-16(31)23-22(28-21-6-2-4-18-5-3-13-27-24(18)21)15-30(14-17-7-8-17)29-25(23)19-9-11-20(26)12-10-19/h2-6,9-13,17,23H,7-8,14-15H2,1H3.